The van der Waals surface area contributed by atoms with E-state index in [4.69, 9.17) is 9.47 Å². The topological polar surface area (TPSA) is 120 Å². The van der Waals surface area contributed by atoms with E-state index in [9.17, 15) is 18.0 Å². The molecule has 1 aliphatic rings. The zero-order valence-corrected chi connectivity index (χ0v) is 20.0. The van der Waals surface area contributed by atoms with Crippen LogP contribution in [0.25, 0.3) is 11.0 Å². The van der Waals surface area contributed by atoms with Crippen molar-refractivity contribution in [2.24, 2.45) is 0 Å². The third kappa shape index (κ3) is 4.41. The zero-order valence-electron chi connectivity index (χ0n) is 19.2. The highest BCUT2D eigenvalue weighted by molar-refractivity contribution is 7.89. The molecule has 180 valence electrons. The van der Waals surface area contributed by atoms with Crippen LogP contribution < -0.4 is 15.5 Å². The molecule has 0 saturated carbocycles. The van der Waals surface area contributed by atoms with Crippen molar-refractivity contribution in [1.82, 2.24) is 13.9 Å². The van der Waals surface area contributed by atoms with Crippen molar-refractivity contribution >= 4 is 32.7 Å². The van der Waals surface area contributed by atoms with Gasteiger partial charge in [0.15, 0.2) is 0 Å². The molecule has 34 heavy (non-hydrogen) atoms. The Kier molecular flexibility index (Phi) is 6.69. The Morgan fingerprint density at radius 1 is 1.21 bits per heavy atom. The summed E-state index contributed by atoms with van der Waals surface area (Å²) >= 11 is 0. The van der Waals surface area contributed by atoms with Crippen molar-refractivity contribution in [2.45, 2.75) is 25.3 Å². The maximum absolute atomic E-state index is 13.2. The van der Waals surface area contributed by atoms with Gasteiger partial charge in [0.1, 0.15) is 21.9 Å². The fourth-order valence-electron chi connectivity index (χ4n) is 3.84. The number of hydrogen-bond donors (Lipinski definition) is 1. The summed E-state index contributed by atoms with van der Waals surface area (Å²) in [5.41, 5.74) is 0.987. The van der Waals surface area contributed by atoms with Gasteiger partial charge in [-0.3, -0.25) is 9.59 Å². The summed E-state index contributed by atoms with van der Waals surface area (Å²) in [4.78, 5) is 30.5. The van der Waals surface area contributed by atoms with Gasteiger partial charge in [0.05, 0.1) is 25.7 Å². The summed E-state index contributed by atoms with van der Waals surface area (Å²) in [5, 5.41) is 3.00. The van der Waals surface area contributed by atoms with E-state index in [0.717, 1.165) is 5.69 Å². The molecule has 0 atom stereocenters. The van der Waals surface area contributed by atoms with Crippen LogP contribution in [0.4, 0.5) is 5.69 Å². The SMILES string of the molecule is CCn1cc(C(=O)Nc2ccc(OC)c(S(=O)(=O)N3CCOCC3)c2)c(=O)c2ccc(C)nc21. The first-order chi connectivity index (χ1) is 16.3. The highest BCUT2D eigenvalue weighted by Gasteiger charge is 2.30. The van der Waals surface area contributed by atoms with Gasteiger partial charge in [-0.2, -0.15) is 4.31 Å². The van der Waals surface area contributed by atoms with Crippen molar-refractivity contribution in [1.29, 1.82) is 0 Å². The summed E-state index contributed by atoms with van der Waals surface area (Å²) in [6.45, 7) is 5.29. The third-order valence-electron chi connectivity index (χ3n) is 5.66. The quantitative estimate of drug-likeness (QED) is 0.566. The summed E-state index contributed by atoms with van der Waals surface area (Å²) in [5.74, 6) is -0.487. The van der Waals surface area contributed by atoms with Crippen molar-refractivity contribution < 1.29 is 22.7 Å². The number of morpholine rings is 1. The molecule has 1 aliphatic heterocycles. The number of carbonyl (C=O) groups is 1. The highest BCUT2D eigenvalue weighted by Crippen LogP contribution is 2.30. The molecule has 4 rings (SSSR count). The average Bonchev–Trinajstić information content (AvgIpc) is 2.84. The minimum absolute atomic E-state index is 0.0617. The van der Waals surface area contributed by atoms with Gasteiger partial charge in [-0.1, -0.05) is 0 Å². The Hall–Kier alpha value is -3.28. The fourth-order valence-corrected chi connectivity index (χ4v) is 5.43. The summed E-state index contributed by atoms with van der Waals surface area (Å²) in [6, 6.07) is 7.71. The van der Waals surface area contributed by atoms with Crippen LogP contribution in [0.15, 0.2) is 46.2 Å². The lowest BCUT2D eigenvalue weighted by Gasteiger charge is -2.26. The first-order valence-electron chi connectivity index (χ1n) is 10.8. The van der Waals surface area contributed by atoms with Crippen LogP contribution in [0, 0.1) is 6.92 Å². The van der Waals surface area contributed by atoms with Gasteiger partial charge in [0, 0.05) is 37.2 Å². The van der Waals surface area contributed by atoms with E-state index in [-0.39, 0.29) is 35.0 Å². The third-order valence-corrected chi connectivity index (χ3v) is 7.58. The lowest BCUT2D eigenvalue weighted by atomic mass is 10.1. The predicted molar refractivity (Wildman–Crippen MR) is 127 cm³/mol. The molecule has 11 heteroatoms. The Balaban J connectivity index is 1.71. The van der Waals surface area contributed by atoms with Gasteiger partial charge in [-0.05, 0) is 44.2 Å². The van der Waals surface area contributed by atoms with Gasteiger partial charge < -0.3 is 19.4 Å². The molecule has 1 N–H and O–H groups in total. The summed E-state index contributed by atoms with van der Waals surface area (Å²) in [7, 11) is -2.50. The Labute approximate surface area is 197 Å². The standard InChI is InChI=1S/C23H26N4O6S/c1-4-26-14-18(21(28)17-7-5-15(2)24-22(17)26)23(29)25-16-6-8-19(32-3)20(13-16)34(30,31)27-9-11-33-12-10-27/h5-8,13-14H,4,9-12H2,1-3H3,(H,25,29). The molecule has 1 aromatic carbocycles. The highest BCUT2D eigenvalue weighted by atomic mass is 32.2. The van der Waals surface area contributed by atoms with Gasteiger partial charge in [0.2, 0.25) is 15.5 Å². The number of ether oxygens (including phenoxy) is 2. The molecule has 2 aromatic heterocycles. The molecule has 0 spiro atoms. The number of nitrogens with zero attached hydrogens (tertiary/aromatic N) is 3. The number of sulfonamides is 1. The number of anilines is 1. The summed E-state index contributed by atoms with van der Waals surface area (Å²) < 4.78 is 40.0. The number of benzene rings is 1. The molecule has 0 bridgehead atoms. The summed E-state index contributed by atoms with van der Waals surface area (Å²) in [6.07, 6.45) is 1.47. The van der Waals surface area contributed by atoms with Crippen LogP contribution in [0.5, 0.6) is 5.75 Å². The van der Waals surface area contributed by atoms with E-state index in [1.807, 2.05) is 13.8 Å². The molecule has 0 radical (unpaired) electrons. The van der Waals surface area contributed by atoms with Crippen molar-refractivity contribution in [2.75, 3.05) is 38.7 Å². The van der Waals surface area contributed by atoms with Crippen LogP contribution >= 0.6 is 0 Å². The van der Waals surface area contributed by atoms with E-state index in [1.165, 1.54) is 35.8 Å². The Bertz CT molecular complexity index is 1410. The first-order valence-corrected chi connectivity index (χ1v) is 12.3. The molecule has 0 unspecified atom stereocenters. The van der Waals surface area contributed by atoms with Crippen LogP contribution in [-0.2, 0) is 21.3 Å². The van der Waals surface area contributed by atoms with Crippen molar-refractivity contribution in [3.05, 3.63) is 58.0 Å². The van der Waals surface area contributed by atoms with Crippen LogP contribution in [0.2, 0.25) is 0 Å². The second-order valence-electron chi connectivity index (χ2n) is 7.82. The molecular formula is C23H26N4O6S. The number of fused-ring (bicyclic) bond motifs is 1. The minimum Gasteiger partial charge on any atom is -0.495 e. The zero-order chi connectivity index (χ0) is 24.5. The number of pyridine rings is 2. The van der Waals surface area contributed by atoms with E-state index in [2.05, 4.69) is 10.3 Å². The van der Waals surface area contributed by atoms with Gasteiger partial charge in [-0.25, -0.2) is 13.4 Å². The molecule has 0 aliphatic carbocycles. The van der Waals surface area contributed by atoms with E-state index in [1.54, 1.807) is 16.7 Å². The number of rotatable bonds is 6. The number of nitrogens with one attached hydrogen (secondary N) is 1. The monoisotopic (exact) mass is 486 g/mol. The van der Waals surface area contributed by atoms with Crippen LogP contribution in [0.1, 0.15) is 23.0 Å². The lowest BCUT2D eigenvalue weighted by molar-refractivity contribution is 0.0729. The molecule has 1 amide bonds. The number of carbonyl (C=O) groups excluding carboxylic acids is 1. The maximum atomic E-state index is 13.2. The normalized spacial score (nSPS) is 14.8. The molecular weight excluding hydrogens is 460 g/mol. The first kappa shape index (κ1) is 23.9. The van der Waals surface area contributed by atoms with E-state index in [0.29, 0.717) is 30.8 Å². The molecule has 10 nitrogen and oxygen atoms in total. The largest absolute Gasteiger partial charge is 0.495 e. The molecule has 3 aromatic rings. The van der Waals surface area contributed by atoms with E-state index >= 15 is 0 Å². The average molecular weight is 487 g/mol. The van der Waals surface area contributed by atoms with Crippen molar-refractivity contribution in [3.8, 4) is 5.75 Å². The number of methoxy groups -OCH3 is 1. The Morgan fingerprint density at radius 2 is 1.94 bits per heavy atom. The van der Waals surface area contributed by atoms with Gasteiger partial charge >= 0.3 is 0 Å². The second kappa shape index (κ2) is 9.53. The van der Waals surface area contributed by atoms with Crippen LogP contribution in [-0.4, -0.2) is 61.6 Å². The predicted octanol–water partition coefficient (Wildman–Crippen LogP) is 2.01. The maximum Gasteiger partial charge on any atom is 0.261 e. The Morgan fingerprint density at radius 3 is 2.62 bits per heavy atom. The number of amides is 1. The minimum atomic E-state index is -3.88. The van der Waals surface area contributed by atoms with Crippen LogP contribution in [0.3, 0.4) is 0 Å². The number of aryl methyl sites for hydroxylation is 2. The molecule has 1 fully saturated rings. The second-order valence-corrected chi connectivity index (χ2v) is 9.72. The molecule has 1 saturated heterocycles. The van der Waals surface area contributed by atoms with Gasteiger partial charge in [-0.15, -0.1) is 0 Å². The van der Waals surface area contributed by atoms with Gasteiger partial charge in [0.25, 0.3) is 5.91 Å². The number of aromatic nitrogens is 2. The number of hydrogen-bond acceptors (Lipinski definition) is 7. The van der Waals surface area contributed by atoms with Crippen molar-refractivity contribution in [3.63, 3.8) is 0 Å². The molecule has 3 heterocycles. The van der Waals surface area contributed by atoms with E-state index < -0.39 is 21.4 Å². The fraction of sp³-hybridized carbons (Fsp3) is 0.348. The smallest absolute Gasteiger partial charge is 0.261 e. The lowest BCUT2D eigenvalue weighted by Crippen LogP contribution is -2.40.